The summed E-state index contributed by atoms with van der Waals surface area (Å²) in [7, 11) is 0. The van der Waals surface area contributed by atoms with Gasteiger partial charge in [-0.05, 0) is 34.5 Å². The molecule has 1 aliphatic heterocycles. The molecule has 2 amide bonds. The molecule has 1 N–H and O–H groups in total. The van der Waals surface area contributed by atoms with Crippen LogP contribution < -0.4 is 5.32 Å². The van der Waals surface area contributed by atoms with E-state index < -0.39 is 0 Å². The first-order chi connectivity index (χ1) is 12.6. The minimum absolute atomic E-state index is 0.0830. The van der Waals surface area contributed by atoms with Crippen LogP contribution in [0.15, 0.2) is 41.1 Å². The third-order valence-corrected chi connectivity index (χ3v) is 5.52. The number of piperazine rings is 1. The van der Waals surface area contributed by atoms with E-state index in [1.54, 1.807) is 35.6 Å². The number of rotatable bonds is 6. The molecular formula is C19H22ClN3O2S. The molecule has 26 heavy (non-hydrogen) atoms. The van der Waals surface area contributed by atoms with Crippen LogP contribution in [0.2, 0.25) is 5.02 Å². The van der Waals surface area contributed by atoms with Gasteiger partial charge in [-0.15, -0.1) is 0 Å². The first kappa shape index (κ1) is 18.9. The molecule has 2 heterocycles. The van der Waals surface area contributed by atoms with Crippen LogP contribution in [0.5, 0.6) is 0 Å². The smallest absolute Gasteiger partial charge is 0.252 e. The summed E-state index contributed by atoms with van der Waals surface area (Å²) < 4.78 is 0. The first-order valence-electron chi connectivity index (χ1n) is 8.67. The van der Waals surface area contributed by atoms with E-state index in [2.05, 4.69) is 27.0 Å². The van der Waals surface area contributed by atoms with Gasteiger partial charge in [0.2, 0.25) is 5.91 Å². The maximum Gasteiger partial charge on any atom is 0.252 e. The Morgan fingerprint density at radius 1 is 1.12 bits per heavy atom. The molecule has 1 fully saturated rings. The summed E-state index contributed by atoms with van der Waals surface area (Å²) >= 11 is 7.72. The summed E-state index contributed by atoms with van der Waals surface area (Å²) in [4.78, 5) is 28.7. The van der Waals surface area contributed by atoms with Crippen molar-refractivity contribution in [3.05, 3.63) is 57.2 Å². The van der Waals surface area contributed by atoms with Crippen molar-refractivity contribution in [1.29, 1.82) is 0 Å². The lowest BCUT2D eigenvalue weighted by Gasteiger charge is -2.34. The minimum Gasteiger partial charge on any atom is -0.351 e. The molecule has 0 atom stereocenters. The summed E-state index contributed by atoms with van der Waals surface area (Å²) in [6.45, 7) is 4.50. The second-order valence-corrected chi connectivity index (χ2v) is 7.46. The van der Waals surface area contributed by atoms with E-state index in [1.807, 2.05) is 4.90 Å². The van der Waals surface area contributed by atoms with Gasteiger partial charge in [0.25, 0.3) is 5.91 Å². The van der Waals surface area contributed by atoms with Crippen molar-refractivity contribution in [3.8, 4) is 0 Å². The lowest BCUT2D eigenvalue weighted by molar-refractivity contribution is -0.132. The average Bonchev–Trinajstić information content (AvgIpc) is 3.15. The van der Waals surface area contributed by atoms with Gasteiger partial charge in [0.15, 0.2) is 0 Å². The normalized spacial score (nSPS) is 15.0. The maximum atomic E-state index is 12.3. The average molecular weight is 392 g/mol. The quantitative estimate of drug-likeness (QED) is 0.823. The molecule has 1 aromatic heterocycles. The summed E-state index contributed by atoms with van der Waals surface area (Å²) in [5.41, 5.74) is 1.76. The maximum absolute atomic E-state index is 12.3. The predicted molar refractivity (Wildman–Crippen MR) is 105 cm³/mol. The molecule has 1 aromatic carbocycles. The Kier molecular flexibility index (Phi) is 6.66. The molecule has 5 nitrogen and oxygen atoms in total. The van der Waals surface area contributed by atoms with Crippen LogP contribution in [-0.2, 0) is 11.3 Å². The van der Waals surface area contributed by atoms with Crippen LogP contribution in [0.1, 0.15) is 22.3 Å². The van der Waals surface area contributed by atoms with Crippen LogP contribution in [-0.4, -0.2) is 54.3 Å². The molecule has 138 valence electrons. The fraction of sp³-hybridized carbons (Fsp3) is 0.368. The first-order valence-corrected chi connectivity index (χ1v) is 9.99. The zero-order valence-electron chi connectivity index (χ0n) is 14.5. The van der Waals surface area contributed by atoms with Crippen molar-refractivity contribution in [2.75, 3.05) is 32.7 Å². The summed E-state index contributed by atoms with van der Waals surface area (Å²) in [5.74, 6) is -0.163. The fourth-order valence-electron chi connectivity index (χ4n) is 2.98. The SMILES string of the molecule is O=C(NCCC(=O)N1CCN(Cc2ccsc2)CC1)c1ccccc1Cl. The Bertz CT molecular complexity index is 743. The number of carbonyl (C=O) groups excluding carboxylic acids is 2. The molecule has 0 unspecified atom stereocenters. The third kappa shape index (κ3) is 5.06. The number of benzene rings is 1. The van der Waals surface area contributed by atoms with E-state index in [9.17, 15) is 9.59 Å². The Morgan fingerprint density at radius 3 is 2.58 bits per heavy atom. The number of carbonyl (C=O) groups is 2. The molecule has 0 radical (unpaired) electrons. The van der Waals surface area contributed by atoms with Gasteiger partial charge in [-0.25, -0.2) is 0 Å². The van der Waals surface area contributed by atoms with E-state index >= 15 is 0 Å². The molecule has 7 heteroatoms. The van der Waals surface area contributed by atoms with Crippen LogP contribution in [0.4, 0.5) is 0 Å². The summed E-state index contributed by atoms with van der Waals surface area (Å²) in [6.07, 6.45) is 0.306. The second kappa shape index (κ2) is 9.16. The monoisotopic (exact) mass is 391 g/mol. The molecule has 2 aromatic rings. The molecular weight excluding hydrogens is 370 g/mol. The van der Waals surface area contributed by atoms with Crippen molar-refractivity contribution in [1.82, 2.24) is 15.1 Å². The summed E-state index contributed by atoms with van der Waals surface area (Å²) in [5, 5.41) is 7.44. The number of amides is 2. The van der Waals surface area contributed by atoms with Gasteiger partial charge in [0.1, 0.15) is 0 Å². The number of nitrogens with zero attached hydrogens (tertiary/aromatic N) is 2. The van der Waals surface area contributed by atoms with Crippen LogP contribution in [0, 0.1) is 0 Å². The number of thiophene rings is 1. The Morgan fingerprint density at radius 2 is 1.88 bits per heavy atom. The number of nitrogens with one attached hydrogen (secondary N) is 1. The highest BCUT2D eigenvalue weighted by Crippen LogP contribution is 2.15. The zero-order valence-corrected chi connectivity index (χ0v) is 16.1. The molecule has 0 aliphatic carbocycles. The van der Waals surface area contributed by atoms with Crippen molar-refractivity contribution >= 4 is 34.8 Å². The van der Waals surface area contributed by atoms with Crippen LogP contribution in [0.25, 0.3) is 0 Å². The van der Waals surface area contributed by atoms with E-state index in [1.165, 1.54) is 5.56 Å². The molecule has 1 saturated heterocycles. The van der Waals surface area contributed by atoms with Gasteiger partial charge in [-0.2, -0.15) is 11.3 Å². The standard InChI is InChI=1S/C19H22ClN3O2S/c20-17-4-2-1-3-16(17)19(25)21-7-5-18(24)23-10-8-22(9-11-23)13-15-6-12-26-14-15/h1-4,6,12,14H,5,7-11,13H2,(H,21,25). The largest absolute Gasteiger partial charge is 0.351 e. The second-order valence-electron chi connectivity index (χ2n) is 6.27. The summed E-state index contributed by atoms with van der Waals surface area (Å²) in [6, 6.07) is 9.04. The van der Waals surface area contributed by atoms with E-state index in [0.717, 1.165) is 32.7 Å². The number of halogens is 1. The van der Waals surface area contributed by atoms with Gasteiger partial charge in [-0.1, -0.05) is 23.7 Å². The highest BCUT2D eigenvalue weighted by atomic mass is 35.5. The molecule has 0 spiro atoms. The lowest BCUT2D eigenvalue weighted by atomic mass is 10.2. The Balaban J connectivity index is 1.38. The van der Waals surface area contributed by atoms with Crippen molar-refractivity contribution in [3.63, 3.8) is 0 Å². The fourth-order valence-corrected chi connectivity index (χ4v) is 3.86. The third-order valence-electron chi connectivity index (χ3n) is 4.45. The Hall–Kier alpha value is -1.89. The topological polar surface area (TPSA) is 52.7 Å². The minimum atomic E-state index is -0.246. The highest BCUT2D eigenvalue weighted by Gasteiger charge is 2.21. The zero-order chi connectivity index (χ0) is 18.4. The lowest BCUT2D eigenvalue weighted by Crippen LogP contribution is -2.48. The van der Waals surface area contributed by atoms with Gasteiger partial charge < -0.3 is 10.2 Å². The highest BCUT2D eigenvalue weighted by molar-refractivity contribution is 7.07. The number of hydrogen-bond donors (Lipinski definition) is 1. The van der Waals surface area contributed by atoms with Crippen molar-refractivity contribution in [2.24, 2.45) is 0 Å². The van der Waals surface area contributed by atoms with Crippen LogP contribution in [0.3, 0.4) is 0 Å². The molecule has 1 aliphatic rings. The van der Waals surface area contributed by atoms with E-state index in [-0.39, 0.29) is 11.8 Å². The molecule has 0 bridgehead atoms. The van der Waals surface area contributed by atoms with E-state index in [4.69, 9.17) is 11.6 Å². The molecule has 3 rings (SSSR count). The predicted octanol–water partition coefficient (Wildman–Crippen LogP) is 2.87. The number of hydrogen-bond acceptors (Lipinski definition) is 4. The molecule has 0 saturated carbocycles. The van der Waals surface area contributed by atoms with Gasteiger partial charge in [0, 0.05) is 45.7 Å². The van der Waals surface area contributed by atoms with Crippen molar-refractivity contribution < 1.29 is 9.59 Å². The van der Waals surface area contributed by atoms with Gasteiger partial charge in [0.05, 0.1) is 10.6 Å². The van der Waals surface area contributed by atoms with Gasteiger partial charge >= 0.3 is 0 Å². The van der Waals surface area contributed by atoms with E-state index in [0.29, 0.717) is 23.6 Å². The van der Waals surface area contributed by atoms with Crippen molar-refractivity contribution in [2.45, 2.75) is 13.0 Å². The van der Waals surface area contributed by atoms with Gasteiger partial charge in [-0.3, -0.25) is 14.5 Å². The van der Waals surface area contributed by atoms with Crippen LogP contribution >= 0.6 is 22.9 Å². The Labute approximate surface area is 162 Å².